The summed E-state index contributed by atoms with van der Waals surface area (Å²) >= 11 is 1.60. The molecular formula is C14H14F2OS. The molecule has 96 valence electrons. The molecule has 2 aromatic rings. The number of benzene rings is 1. The number of hydrogen-bond acceptors (Lipinski definition) is 2. The van der Waals surface area contributed by atoms with Crippen LogP contribution in [-0.4, -0.2) is 11.2 Å². The minimum absolute atomic E-state index is 0.0165. The third-order valence-corrected chi connectivity index (χ3v) is 3.58. The van der Waals surface area contributed by atoms with Gasteiger partial charge >= 0.3 is 0 Å². The zero-order valence-electron chi connectivity index (χ0n) is 9.77. The molecule has 0 spiro atoms. The van der Waals surface area contributed by atoms with Crippen LogP contribution in [0.3, 0.4) is 0 Å². The van der Waals surface area contributed by atoms with Crippen LogP contribution < -0.4 is 0 Å². The molecule has 0 radical (unpaired) electrons. The summed E-state index contributed by atoms with van der Waals surface area (Å²) in [6.07, 6.45) is 0.518. The fourth-order valence-corrected chi connectivity index (χ4v) is 2.54. The number of hydrogen-bond donors (Lipinski definition) is 1. The van der Waals surface area contributed by atoms with Gasteiger partial charge in [-0.15, -0.1) is 0 Å². The molecule has 4 heteroatoms. The van der Waals surface area contributed by atoms with Gasteiger partial charge in [-0.2, -0.15) is 11.3 Å². The Labute approximate surface area is 109 Å². The number of aliphatic hydroxyl groups excluding tert-OH is 1. The van der Waals surface area contributed by atoms with Crippen molar-refractivity contribution >= 4 is 11.3 Å². The van der Waals surface area contributed by atoms with Gasteiger partial charge in [-0.05, 0) is 47.4 Å². The summed E-state index contributed by atoms with van der Waals surface area (Å²) in [5.41, 5.74) is 1.11. The summed E-state index contributed by atoms with van der Waals surface area (Å²) in [6, 6.07) is 5.74. The van der Waals surface area contributed by atoms with Crippen molar-refractivity contribution in [3.05, 3.63) is 57.8 Å². The molecule has 0 saturated heterocycles. The van der Waals surface area contributed by atoms with Crippen molar-refractivity contribution in [2.24, 2.45) is 0 Å². The van der Waals surface area contributed by atoms with Crippen LogP contribution in [0, 0.1) is 11.6 Å². The van der Waals surface area contributed by atoms with E-state index in [1.54, 1.807) is 11.3 Å². The molecule has 18 heavy (non-hydrogen) atoms. The molecule has 0 aliphatic carbocycles. The number of aryl methyl sites for hydroxylation is 1. The molecular weight excluding hydrogens is 254 g/mol. The van der Waals surface area contributed by atoms with Gasteiger partial charge in [0.15, 0.2) is 0 Å². The second kappa shape index (κ2) is 6.07. The molecule has 1 atom stereocenters. The van der Waals surface area contributed by atoms with Gasteiger partial charge in [0.1, 0.15) is 11.6 Å². The third-order valence-electron chi connectivity index (χ3n) is 2.85. The van der Waals surface area contributed by atoms with Gasteiger partial charge in [0.2, 0.25) is 0 Å². The van der Waals surface area contributed by atoms with E-state index in [0.29, 0.717) is 6.42 Å². The van der Waals surface area contributed by atoms with Crippen LogP contribution in [0.1, 0.15) is 17.5 Å². The summed E-state index contributed by atoms with van der Waals surface area (Å²) in [5.74, 6) is -1.19. The van der Waals surface area contributed by atoms with Crippen LogP contribution in [0.4, 0.5) is 8.78 Å². The maximum atomic E-state index is 13.4. The van der Waals surface area contributed by atoms with Gasteiger partial charge in [0.25, 0.3) is 0 Å². The average Bonchev–Trinajstić information content (AvgIpc) is 2.84. The lowest BCUT2D eigenvalue weighted by Crippen LogP contribution is -2.13. The Hall–Kier alpha value is -1.26. The second-order valence-corrected chi connectivity index (χ2v) is 5.01. The molecule has 1 unspecified atom stereocenters. The van der Waals surface area contributed by atoms with Crippen molar-refractivity contribution in [2.75, 3.05) is 0 Å². The van der Waals surface area contributed by atoms with Crippen molar-refractivity contribution in [2.45, 2.75) is 25.4 Å². The van der Waals surface area contributed by atoms with Gasteiger partial charge in [0.05, 0.1) is 6.10 Å². The van der Waals surface area contributed by atoms with Gasteiger partial charge in [-0.1, -0.05) is 6.07 Å². The topological polar surface area (TPSA) is 20.2 Å². The fourth-order valence-electron chi connectivity index (χ4n) is 1.83. The van der Waals surface area contributed by atoms with E-state index in [2.05, 4.69) is 0 Å². The van der Waals surface area contributed by atoms with E-state index < -0.39 is 17.7 Å². The first-order valence-electron chi connectivity index (χ1n) is 5.79. The zero-order valence-corrected chi connectivity index (χ0v) is 10.6. The van der Waals surface area contributed by atoms with Crippen molar-refractivity contribution in [3.8, 4) is 0 Å². The molecule has 1 N–H and O–H groups in total. The lowest BCUT2D eigenvalue weighted by Gasteiger charge is -2.11. The molecule has 0 aliphatic heterocycles. The Morgan fingerprint density at radius 3 is 2.50 bits per heavy atom. The van der Waals surface area contributed by atoms with E-state index in [-0.39, 0.29) is 12.0 Å². The zero-order chi connectivity index (χ0) is 13.0. The standard InChI is InChI=1S/C14H14F2OS/c15-13-2-1-3-14(16)12(13)8-11(17)5-4-10-6-7-18-9-10/h1-3,6-7,9,11,17H,4-5,8H2. The molecule has 2 rings (SSSR count). The number of aliphatic hydroxyl groups is 1. The molecule has 1 heterocycles. The molecule has 0 aliphatic rings. The van der Waals surface area contributed by atoms with E-state index in [1.165, 1.54) is 18.2 Å². The van der Waals surface area contributed by atoms with Crippen LogP contribution in [0.15, 0.2) is 35.0 Å². The van der Waals surface area contributed by atoms with Gasteiger partial charge < -0.3 is 5.11 Å². The van der Waals surface area contributed by atoms with Crippen molar-refractivity contribution < 1.29 is 13.9 Å². The van der Waals surface area contributed by atoms with Gasteiger partial charge in [-0.3, -0.25) is 0 Å². The van der Waals surface area contributed by atoms with Crippen molar-refractivity contribution in [1.29, 1.82) is 0 Å². The lowest BCUT2D eigenvalue weighted by atomic mass is 10.0. The highest BCUT2D eigenvalue weighted by Crippen LogP contribution is 2.17. The first-order valence-corrected chi connectivity index (χ1v) is 6.73. The smallest absolute Gasteiger partial charge is 0.129 e. The Morgan fingerprint density at radius 1 is 1.17 bits per heavy atom. The first kappa shape index (κ1) is 13.2. The highest BCUT2D eigenvalue weighted by molar-refractivity contribution is 7.07. The van der Waals surface area contributed by atoms with Crippen LogP contribution in [-0.2, 0) is 12.8 Å². The van der Waals surface area contributed by atoms with Crippen LogP contribution >= 0.6 is 11.3 Å². The van der Waals surface area contributed by atoms with Gasteiger partial charge in [0, 0.05) is 12.0 Å². The summed E-state index contributed by atoms with van der Waals surface area (Å²) in [4.78, 5) is 0. The van der Waals surface area contributed by atoms with E-state index in [0.717, 1.165) is 12.0 Å². The van der Waals surface area contributed by atoms with E-state index >= 15 is 0 Å². The third kappa shape index (κ3) is 3.37. The first-order chi connectivity index (χ1) is 8.66. The Kier molecular flexibility index (Phi) is 4.44. The number of halogens is 2. The predicted octanol–water partition coefficient (Wildman–Crippen LogP) is 3.56. The summed E-state index contributed by atoms with van der Waals surface area (Å²) in [5, 5.41) is 13.8. The van der Waals surface area contributed by atoms with Crippen LogP contribution in [0.25, 0.3) is 0 Å². The Bertz CT molecular complexity index is 476. The molecule has 0 fully saturated rings. The molecule has 0 amide bonds. The van der Waals surface area contributed by atoms with Gasteiger partial charge in [-0.25, -0.2) is 8.78 Å². The highest BCUT2D eigenvalue weighted by Gasteiger charge is 2.13. The Morgan fingerprint density at radius 2 is 1.89 bits per heavy atom. The van der Waals surface area contributed by atoms with Crippen molar-refractivity contribution in [3.63, 3.8) is 0 Å². The molecule has 1 aromatic carbocycles. The maximum Gasteiger partial charge on any atom is 0.129 e. The monoisotopic (exact) mass is 268 g/mol. The molecule has 0 saturated carbocycles. The largest absolute Gasteiger partial charge is 0.393 e. The van der Waals surface area contributed by atoms with E-state index in [9.17, 15) is 13.9 Å². The minimum Gasteiger partial charge on any atom is -0.393 e. The quantitative estimate of drug-likeness (QED) is 0.879. The molecule has 1 nitrogen and oxygen atoms in total. The molecule has 1 aromatic heterocycles. The normalized spacial score (nSPS) is 12.6. The number of thiophene rings is 1. The second-order valence-electron chi connectivity index (χ2n) is 4.23. The summed E-state index contributed by atoms with van der Waals surface area (Å²) in [7, 11) is 0. The SMILES string of the molecule is OC(CCc1ccsc1)Cc1c(F)cccc1F. The van der Waals surface area contributed by atoms with Crippen molar-refractivity contribution in [1.82, 2.24) is 0 Å². The number of rotatable bonds is 5. The summed E-state index contributed by atoms with van der Waals surface area (Å²) < 4.78 is 26.7. The average molecular weight is 268 g/mol. The summed E-state index contributed by atoms with van der Waals surface area (Å²) in [6.45, 7) is 0. The lowest BCUT2D eigenvalue weighted by molar-refractivity contribution is 0.162. The highest BCUT2D eigenvalue weighted by atomic mass is 32.1. The van der Waals surface area contributed by atoms with Crippen LogP contribution in [0.5, 0.6) is 0 Å². The fraction of sp³-hybridized carbons (Fsp3) is 0.286. The van der Waals surface area contributed by atoms with E-state index in [1.807, 2.05) is 16.8 Å². The van der Waals surface area contributed by atoms with E-state index in [4.69, 9.17) is 0 Å². The molecule has 0 bridgehead atoms. The van der Waals surface area contributed by atoms with Crippen LogP contribution in [0.2, 0.25) is 0 Å². The predicted molar refractivity (Wildman–Crippen MR) is 68.7 cm³/mol. The maximum absolute atomic E-state index is 13.4. The minimum atomic E-state index is -0.726. The Balaban J connectivity index is 1.92.